The molecule has 0 spiro atoms. The van der Waals surface area contributed by atoms with E-state index in [4.69, 9.17) is 18.9 Å². The topological polar surface area (TPSA) is 89.5 Å². The van der Waals surface area contributed by atoms with E-state index >= 15 is 0 Å². The van der Waals surface area contributed by atoms with Crippen molar-refractivity contribution in [1.82, 2.24) is 9.79 Å². The standard InChI is InChI=1S/C30H36N2O6S/c1-19(2)21-8-11-25(35-3)24(18-21)20-6-9-22(10-7-20)38-23-14-16-32(17-15-23)39-27-13-12-26(36-4)29(37-5)28(27)30(33)31-34/h6-13,18-19,23,34H,14-17H2,1-5H3,(H,31,33). The second-order valence-corrected chi connectivity index (χ2v) is 10.7. The van der Waals surface area contributed by atoms with Gasteiger partial charge in [0.1, 0.15) is 23.2 Å². The van der Waals surface area contributed by atoms with Crippen LogP contribution in [0.2, 0.25) is 0 Å². The van der Waals surface area contributed by atoms with E-state index < -0.39 is 5.91 Å². The van der Waals surface area contributed by atoms with Gasteiger partial charge in [-0.2, -0.15) is 0 Å². The number of hydrogen-bond donors (Lipinski definition) is 2. The summed E-state index contributed by atoms with van der Waals surface area (Å²) >= 11 is 1.46. The van der Waals surface area contributed by atoms with Crippen LogP contribution < -0.4 is 24.4 Å². The SMILES string of the molecule is COc1ccc(C(C)C)cc1-c1ccc(OC2CCN(Sc3ccc(OC)c(OC)c3C(=O)NO)CC2)cc1. The van der Waals surface area contributed by atoms with Crippen molar-refractivity contribution in [1.29, 1.82) is 0 Å². The Kier molecular flexibility index (Phi) is 9.61. The molecule has 0 saturated carbocycles. The highest BCUT2D eigenvalue weighted by Gasteiger charge is 2.26. The van der Waals surface area contributed by atoms with Crippen molar-refractivity contribution in [3.8, 4) is 34.1 Å². The van der Waals surface area contributed by atoms with Gasteiger partial charge in [-0.3, -0.25) is 10.0 Å². The monoisotopic (exact) mass is 552 g/mol. The summed E-state index contributed by atoms with van der Waals surface area (Å²) in [6.45, 7) is 5.93. The summed E-state index contributed by atoms with van der Waals surface area (Å²) in [5.74, 6) is 2.18. The van der Waals surface area contributed by atoms with Gasteiger partial charge in [-0.05, 0) is 78.2 Å². The first kappa shape index (κ1) is 28.6. The van der Waals surface area contributed by atoms with Gasteiger partial charge >= 0.3 is 0 Å². The Morgan fingerprint density at radius 3 is 2.21 bits per heavy atom. The molecule has 2 N–H and O–H groups in total. The van der Waals surface area contributed by atoms with E-state index in [0.29, 0.717) is 16.6 Å². The summed E-state index contributed by atoms with van der Waals surface area (Å²) in [4.78, 5) is 13.1. The molecule has 1 saturated heterocycles. The molecule has 0 radical (unpaired) electrons. The lowest BCUT2D eigenvalue weighted by molar-refractivity contribution is 0.0698. The predicted octanol–water partition coefficient (Wildman–Crippen LogP) is 6.17. The Bertz CT molecular complexity index is 1270. The minimum atomic E-state index is -0.650. The molecule has 1 fully saturated rings. The molecule has 8 nitrogen and oxygen atoms in total. The first-order chi connectivity index (χ1) is 18.9. The number of carbonyl (C=O) groups is 1. The highest BCUT2D eigenvalue weighted by Crippen LogP contribution is 2.40. The number of nitrogens with one attached hydrogen (secondary N) is 1. The summed E-state index contributed by atoms with van der Waals surface area (Å²) in [5.41, 5.74) is 5.38. The van der Waals surface area contributed by atoms with Gasteiger partial charge < -0.3 is 18.9 Å². The van der Waals surface area contributed by atoms with Crippen LogP contribution in [0.5, 0.6) is 23.0 Å². The number of amides is 1. The van der Waals surface area contributed by atoms with Crippen LogP contribution in [0.15, 0.2) is 59.5 Å². The molecule has 0 atom stereocenters. The molecular formula is C30H36N2O6S. The van der Waals surface area contributed by atoms with E-state index in [-0.39, 0.29) is 17.4 Å². The number of benzene rings is 3. The second kappa shape index (κ2) is 13.1. The van der Waals surface area contributed by atoms with E-state index in [2.05, 4.69) is 42.4 Å². The Morgan fingerprint density at radius 1 is 0.949 bits per heavy atom. The fraction of sp³-hybridized carbons (Fsp3) is 0.367. The third-order valence-electron chi connectivity index (χ3n) is 6.82. The highest BCUT2D eigenvalue weighted by molar-refractivity contribution is 7.97. The normalized spacial score (nSPS) is 14.2. The maximum absolute atomic E-state index is 12.4. The molecular weight excluding hydrogens is 516 g/mol. The lowest BCUT2D eigenvalue weighted by atomic mass is 9.96. The Hall–Kier alpha value is -3.40. The first-order valence-electron chi connectivity index (χ1n) is 13.0. The molecule has 39 heavy (non-hydrogen) atoms. The minimum Gasteiger partial charge on any atom is -0.496 e. The molecule has 1 aliphatic heterocycles. The zero-order valence-electron chi connectivity index (χ0n) is 23.0. The summed E-state index contributed by atoms with van der Waals surface area (Å²) in [6, 6.07) is 18.1. The first-order valence-corrected chi connectivity index (χ1v) is 13.7. The van der Waals surface area contributed by atoms with Crippen LogP contribution in [0.4, 0.5) is 0 Å². The van der Waals surface area contributed by atoms with Gasteiger partial charge in [0.2, 0.25) is 0 Å². The number of hydrogen-bond acceptors (Lipinski definition) is 8. The summed E-state index contributed by atoms with van der Waals surface area (Å²) in [5, 5.41) is 9.28. The average molecular weight is 553 g/mol. The zero-order chi connectivity index (χ0) is 27.9. The average Bonchev–Trinajstić information content (AvgIpc) is 2.97. The molecule has 1 amide bonds. The lowest BCUT2D eigenvalue weighted by Crippen LogP contribution is -2.34. The fourth-order valence-electron chi connectivity index (χ4n) is 4.65. The lowest BCUT2D eigenvalue weighted by Gasteiger charge is -2.31. The largest absolute Gasteiger partial charge is 0.496 e. The summed E-state index contributed by atoms with van der Waals surface area (Å²) in [6.07, 6.45) is 1.78. The van der Waals surface area contributed by atoms with Crippen molar-refractivity contribution in [2.24, 2.45) is 0 Å². The van der Waals surface area contributed by atoms with Crippen LogP contribution in [0.3, 0.4) is 0 Å². The molecule has 3 aromatic rings. The van der Waals surface area contributed by atoms with Crippen LogP contribution in [-0.4, -0.2) is 55.9 Å². The molecule has 208 valence electrons. The maximum atomic E-state index is 12.4. The van der Waals surface area contributed by atoms with Gasteiger partial charge in [-0.15, -0.1) is 0 Å². The van der Waals surface area contributed by atoms with Gasteiger partial charge in [0, 0.05) is 23.5 Å². The molecule has 4 rings (SSSR count). The zero-order valence-corrected chi connectivity index (χ0v) is 23.8. The van der Waals surface area contributed by atoms with Crippen molar-refractivity contribution < 1.29 is 28.9 Å². The quantitative estimate of drug-likeness (QED) is 0.175. The van der Waals surface area contributed by atoms with E-state index in [9.17, 15) is 10.0 Å². The smallest absolute Gasteiger partial charge is 0.279 e. The number of carbonyl (C=O) groups excluding carboxylic acids is 1. The number of nitrogens with zero attached hydrogens (tertiary/aromatic N) is 1. The van der Waals surface area contributed by atoms with Crippen LogP contribution in [-0.2, 0) is 0 Å². The van der Waals surface area contributed by atoms with Crippen LogP contribution in [0.25, 0.3) is 11.1 Å². The number of rotatable bonds is 10. The highest BCUT2D eigenvalue weighted by atomic mass is 32.2. The van der Waals surface area contributed by atoms with Crippen molar-refractivity contribution in [3.05, 3.63) is 65.7 Å². The number of ether oxygens (including phenoxy) is 4. The second-order valence-electron chi connectivity index (χ2n) is 9.59. The molecule has 0 unspecified atom stereocenters. The minimum absolute atomic E-state index is 0.0946. The number of methoxy groups -OCH3 is 3. The number of hydroxylamine groups is 1. The summed E-state index contributed by atoms with van der Waals surface area (Å²) < 4.78 is 24.8. The summed E-state index contributed by atoms with van der Waals surface area (Å²) in [7, 11) is 4.67. The third kappa shape index (κ3) is 6.61. The molecule has 0 bridgehead atoms. The van der Waals surface area contributed by atoms with Crippen molar-refractivity contribution in [2.75, 3.05) is 34.4 Å². The molecule has 1 heterocycles. The van der Waals surface area contributed by atoms with Crippen molar-refractivity contribution in [3.63, 3.8) is 0 Å². The van der Waals surface area contributed by atoms with Crippen molar-refractivity contribution in [2.45, 2.75) is 43.6 Å². The van der Waals surface area contributed by atoms with E-state index in [1.54, 1.807) is 24.7 Å². The van der Waals surface area contributed by atoms with Crippen LogP contribution in [0, 0.1) is 0 Å². The van der Waals surface area contributed by atoms with Crippen LogP contribution in [0.1, 0.15) is 48.5 Å². The van der Waals surface area contributed by atoms with E-state index in [0.717, 1.165) is 48.6 Å². The molecule has 9 heteroatoms. The molecule has 0 aliphatic carbocycles. The molecule has 0 aromatic heterocycles. The molecule has 1 aliphatic rings. The predicted molar refractivity (Wildman–Crippen MR) is 152 cm³/mol. The third-order valence-corrected chi connectivity index (χ3v) is 7.98. The number of piperidine rings is 1. The Labute approximate surface area is 234 Å². The van der Waals surface area contributed by atoms with Gasteiger partial charge in [0.25, 0.3) is 5.91 Å². The van der Waals surface area contributed by atoms with Crippen molar-refractivity contribution >= 4 is 17.9 Å². The van der Waals surface area contributed by atoms with Crippen LogP contribution >= 0.6 is 11.9 Å². The van der Waals surface area contributed by atoms with Gasteiger partial charge in [-0.25, -0.2) is 9.79 Å². The van der Waals surface area contributed by atoms with Gasteiger partial charge in [0.05, 0.1) is 21.3 Å². The van der Waals surface area contributed by atoms with Gasteiger partial charge in [-0.1, -0.05) is 32.0 Å². The van der Waals surface area contributed by atoms with Gasteiger partial charge in [0.15, 0.2) is 11.5 Å². The maximum Gasteiger partial charge on any atom is 0.279 e. The van der Waals surface area contributed by atoms with E-state index in [1.807, 2.05) is 18.2 Å². The molecule has 3 aromatic carbocycles. The Morgan fingerprint density at radius 2 is 1.62 bits per heavy atom. The Balaban J connectivity index is 1.39. The fourth-order valence-corrected chi connectivity index (χ4v) is 5.73. The van der Waals surface area contributed by atoms with E-state index in [1.165, 1.54) is 31.7 Å².